The molecule has 0 bridgehead atoms. The molecular weight excluding hydrogens is 398 g/mol. The molecule has 0 heterocycles. The minimum absolute atomic E-state index is 0.205. The molecule has 0 fully saturated rings. The van der Waals surface area contributed by atoms with Gasteiger partial charge in [-0.15, -0.1) is 0 Å². The highest BCUT2D eigenvalue weighted by Gasteiger charge is 2.32. The molecule has 2 N–H and O–H groups in total. The molecule has 3 rings (SSSR count). The highest BCUT2D eigenvalue weighted by Crippen LogP contribution is 2.32. The lowest BCUT2D eigenvalue weighted by Crippen LogP contribution is -2.34. The first kappa shape index (κ1) is 14.8. The predicted octanol–water partition coefficient (Wildman–Crippen LogP) is 3.60. The van der Waals surface area contributed by atoms with Gasteiger partial charge in [0.05, 0.1) is 17.7 Å². The van der Waals surface area contributed by atoms with Crippen LogP contribution in [-0.2, 0) is 6.42 Å². The number of halogens is 2. The number of nitrogens with one attached hydrogen (secondary N) is 1. The summed E-state index contributed by atoms with van der Waals surface area (Å²) in [5.41, 5.74) is 2.62. The Labute approximate surface area is 139 Å². The van der Waals surface area contributed by atoms with Crippen LogP contribution in [0.25, 0.3) is 0 Å². The average molecular weight is 411 g/mol. The van der Waals surface area contributed by atoms with Crippen LogP contribution >= 0.6 is 31.9 Å². The largest absolute Gasteiger partial charge is 0.390 e. The zero-order chi connectivity index (χ0) is 15.0. The molecule has 1 amide bonds. The van der Waals surface area contributed by atoms with Gasteiger partial charge in [-0.1, -0.05) is 40.2 Å². The van der Waals surface area contributed by atoms with Crippen molar-refractivity contribution in [2.45, 2.75) is 18.6 Å². The smallest absolute Gasteiger partial charge is 0.253 e. The molecule has 21 heavy (non-hydrogen) atoms. The molecule has 0 aliphatic heterocycles. The van der Waals surface area contributed by atoms with Gasteiger partial charge in [0.1, 0.15) is 0 Å². The summed E-state index contributed by atoms with van der Waals surface area (Å²) in [5, 5.41) is 13.1. The second-order valence-electron chi connectivity index (χ2n) is 5.05. The van der Waals surface area contributed by atoms with Crippen LogP contribution in [0, 0.1) is 0 Å². The van der Waals surface area contributed by atoms with E-state index in [0.29, 0.717) is 12.0 Å². The molecule has 0 saturated carbocycles. The minimum Gasteiger partial charge on any atom is -0.390 e. The van der Waals surface area contributed by atoms with Crippen LogP contribution in [0.2, 0.25) is 0 Å². The maximum atomic E-state index is 12.5. The van der Waals surface area contributed by atoms with Crippen LogP contribution in [0.3, 0.4) is 0 Å². The molecule has 0 unspecified atom stereocenters. The third kappa shape index (κ3) is 2.91. The fourth-order valence-electron chi connectivity index (χ4n) is 2.64. The van der Waals surface area contributed by atoms with Crippen molar-refractivity contribution in [1.29, 1.82) is 0 Å². The number of benzene rings is 2. The van der Waals surface area contributed by atoms with E-state index in [9.17, 15) is 9.90 Å². The Bertz CT molecular complexity index is 702. The van der Waals surface area contributed by atoms with Crippen molar-refractivity contribution in [3.05, 3.63) is 68.1 Å². The van der Waals surface area contributed by atoms with E-state index in [0.717, 1.165) is 20.1 Å². The van der Waals surface area contributed by atoms with E-state index >= 15 is 0 Å². The summed E-state index contributed by atoms with van der Waals surface area (Å²) in [6.45, 7) is 0. The Morgan fingerprint density at radius 1 is 1.19 bits per heavy atom. The summed E-state index contributed by atoms with van der Waals surface area (Å²) in [7, 11) is 0. The van der Waals surface area contributed by atoms with Crippen molar-refractivity contribution in [2.24, 2.45) is 0 Å². The van der Waals surface area contributed by atoms with Gasteiger partial charge in [0, 0.05) is 15.4 Å². The third-order valence-corrected chi connectivity index (χ3v) is 4.85. The summed E-state index contributed by atoms with van der Waals surface area (Å²) >= 11 is 6.75. The number of fused-ring (bicyclic) bond motifs is 1. The molecule has 0 spiro atoms. The van der Waals surface area contributed by atoms with Crippen molar-refractivity contribution < 1.29 is 9.90 Å². The molecule has 1 aliphatic carbocycles. The Morgan fingerprint density at radius 2 is 1.95 bits per heavy atom. The van der Waals surface area contributed by atoms with Gasteiger partial charge in [0.15, 0.2) is 0 Å². The van der Waals surface area contributed by atoms with Gasteiger partial charge in [-0.2, -0.15) is 0 Å². The number of rotatable bonds is 2. The van der Waals surface area contributed by atoms with Crippen LogP contribution in [0.1, 0.15) is 27.5 Å². The van der Waals surface area contributed by atoms with Crippen molar-refractivity contribution in [3.8, 4) is 0 Å². The van der Waals surface area contributed by atoms with Gasteiger partial charge in [-0.25, -0.2) is 0 Å². The molecule has 0 aromatic heterocycles. The van der Waals surface area contributed by atoms with Crippen LogP contribution in [0.15, 0.2) is 51.4 Å². The maximum Gasteiger partial charge on any atom is 0.253 e. The number of aliphatic hydroxyl groups excluding tert-OH is 1. The van der Waals surface area contributed by atoms with E-state index < -0.39 is 6.10 Å². The molecule has 0 radical (unpaired) electrons. The van der Waals surface area contributed by atoms with Gasteiger partial charge in [-0.05, 0) is 45.3 Å². The highest BCUT2D eigenvalue weighted by molar-refractivity contribution is 9.11. The Kier molecular flexibility index (Phi) is 4.15. The first-order chi connectivity index (χ1) is 10.1. The third-order valence-electron chi connectivity index (χ3n) is 3.66. The zero-order valence-electron chi connectivity index (χ0n) is 11.0. The molecule has 3 nitrogen and oxygen atoms in total. The van der Waals surface area contributed by atoms with E-state index in [-0.39, 0.29) is 11.9 Å². The first-order valence-corrected chi connectivity index (χ1v) is 8.16. The van der Waals surface area contributed by atoms with Crippen LogP contribution in [0.4, 0.5) is 0 Å². The number of aliphatic hydroxyl groups is 1. The van der Waals surface area contributed by atoms with E-state index in [1.54, 1.807) is 6.07 Å². The van der Waals surface area contributed by atoms with E-state index in [1.165, 1.54) is 0 Å². The standard InChI is InChI=1S/C16H13Br2NO2/c17-10-5-6-13(18)12(8-10)16(21)19-15-11-4-2-1-3-9(11)7-14(15)20/h1-6,8,14-15,20H,7H2,(H,19,21)/t14-,15+/m0/s1. The Hall–Kier alpha value is -1.17. The summed E-state index contributed by atoms with van der Waals surface area (Å²) in [5.74, 6) is -0.205. The summed E-state index contributed by atoms with van der Waals surface area (Å²) in [4.78, 5) is 12.5. The van der Waals surface area contributed by atoms with Gasteiger partial charge < -0.3 is 10.4 Å². The summed E-state index contributed by atoms with van der Waals surface area (Å²) < 4.78 is 1.56. The zero-order valence-corrected chi connectivity index (χ0v) is 14.2. The molecule has 2 atom stereocenters. The molecule has 1 aliphatic rings. The fraction of sp³-hybridized carbons (Fsp3) is 0.188. The molecular formula is C16H13Br2NO2. The lowest BCUT2D eigenvalue weighted by atomic mass is 10.1. The van der Waals surface area contributed by atoms with E-state index in [1.807, 2.05) is 36.4 Å². The number of hydrogen-bond acceptors (Lipinski definition) is 2. The van der Waals surface area contributed by atoms with Crippen molar-refractivity contribution in [3.63, 3.8) is 0 Å². The van der Waals surface area contributed by atoms with Crippen molar-refractivity contribution >= 4 is 37.8 Å². The van der Waals surface area contributed by atoms with Gasteiger partial charge in [0.2, 0.25) is 0 Å². The second kappa shape index (κ2) is 5.91. The van der Waals surface area contributed by atoms with Crippen LogP contribution in [0.5, 0.6) is 0 Å². The number of hydrogen-bond donors (Lipinski definition) is 2. The predicted molar refractivity (Wildman–Crippen MR) is 88.2 cm³/mol. The van der Waals surface area contributed by atoms with E-state index in [4.69, 9.17) is 0 Å². The minimum atomic E-state index is -0.586. The number of carbonyl (C=O) groups excluding carboxylic acids is 1. The van der Waals surface area contributed by atoms with Gasteiger partial charge in [-0.3, -0.25) is 4.79 Å². The molecule has 2 aromatic carbocycles. The normalized spacial score (nSPS) is 20.1. The summed E-state index contributed by atoms with van der Waals surface area (Å²) in [6.07, 6.45) is -0.0156. The van der Waals surface area contributed by atoms with Crippen molar-refractivity contribution in [1.82, 2.24) is 5.32 Å². The number of carbonyl (C=O) groups is 1. The Balaban J connectivity index is 1.87. The second-order valence-corrected chi connectivity index (χ2v) is 6.82. The first-order valence-electron chi connectivity index (χ1n) is 6.58. The molecule has 108 valence electrons. The lowest BCUT2D eigenvalue weighted by molar-refractivity contribution is 0.0857. The molecule has 2 aromatic rings. The van der Waals surface area contributed by atoms with Crippen LogP contribution < -0.4 is 5.32 Å². The lowest BCUT2D eigenvalue weighted by Gasteiger charge is -2.18. The molecule has 0 saturated heterocycles. The topological polar surface area (TPSA) is 49.3 Å². The quantitative estimate of drug-likeness (QED) is 0.794. The van der Waals surface area contributed by atoms with E-state index in [2.05, 4.69) is 37.2 Å². The highest BCUT2D eigenvalue weighted by atomic mass is 79.9. The Morgan fingerprint density at radius 3 is 2.76 bits per heavy atom. The van der Waals surface area contributed by atoms with Gasteiger partial charge >= 0.3 is 0 Å². The van der Waals surface area contributed by atoms with Crippen LogP contribution in [-0.4, -0.2) is 17.1 Å². The summed E-state index contributed by atoms with van der Waals surface area (Å²) in [6, 6.07) is 12.9. The fourth-order valence-corrected chi connectivity index (χ4v) is 3.43. The SMILES string of the molecule is O=C(N[C@@H]1c2ccccc2C[C@@H]1O)c1cc(Br)ccc1Br. The van der Waals surface area contributed by atoms with Crippen molar-refractivity contribution in [2.75, 3.05) is 0 Å². The average Bonchev–Trinajstić information content (AvgIpc) is 2.78. The number of amides is 1. The maximum absolute atomic E-state index is 12.5. The van der Waals surface area contributed by atoms with Gasteiger partial charge in [0.25, 0.3) is 5.91 Å². The monoisotopic (exact) mass is 409 g/mol. The molecule has 5 heteroatoms.